The summed E-state index contributed by atoms with van der Waals surface area (Å²) in [5, 5.41) is 2.46. The molecule has 1 aromatic rings. The fraction of sp³-hybridized carbons (Fsp3) is 0.333. The van der Waals surface area contributed by atoms with Gasteiger partial charge < -0.3 is 10.1 Å². The number of carbonyl (C=O) groups is 2. The van der Waals surface area contributed by atoms with Gasteiger partial charge in [-0.3, -0.25) is 9.69 Å². The number of imide groups is 1. The van der Waals surface area contributed by atoms with Crippen LogP contribution in [0.3, 0.4) is 0 Å². The molecular weight excluding hydrogens is 220 g/mol. The predicted molar refractivity (Wildman–Crippen MR) is 61.8 cm³/mol. The van der Waals surface area contributed by atoms with Crippen LogP contribution >= 0.6 is 0 Å². The van der Waals surface area contributed by atoms with E-state index < -0.39 is 0 Å². The predicted octanol–water partition coefficient (Wildman–Crippen LogP) is 0.926. The van der Waals surface area contributed by atoms with Gasteiger partial charge in [-0.05, 0) is 24.6 Å². The second-order valence-electron chi connectivity index (χ2n) is 3.87. The van der Waals surface area contributed by atoms with Gasteiger partial charge in [-0.15, -0.1) is 0 Å². The monoisotopic (exact) mass is 234 g/mol. The molecule has 5 heteroatoms. The second kappa shape index (κ2) is 4.86. The van der Waals surface area contributed by atoms with Crippen molar-refractivity contribution in [3.05, 3.63) is 29.8 Å². The second-order valence-corrected chi connectivity index (χ2v) is 3.87. The molecule has 17 heavy (non-hydrogen) atoms. The third-order valence-electron chi connectivity index (χ3n) is 2.51. The van der Waals surface area contributed by atoms with Gasteiger partial charge in [0.15, 0.2) is 0 Å². The first-order valence-electron chi connectivity index (χ1n) is 5.44. The Balaban J connectivity index is 1.83. The van der Waals surface area contributed by atoms with Gasteiger partial charge in [0.1, 0.15) is 12.4 Å². The van der Waals surface area contributed by atoms with Crippen LogP contribution in [-0.4, -0.2) is 36.5 Å². The first kappa shape index (κ1) is 11.4. The lowest BCUT2D eigenvalue weighted by Crippen LogP contribution is -2.34. The van der Waals surface area contributed by atoms with Crippen molar-refractivity contribution in [2.24, 2.45) is 0 Å². The minimum absolute atomic E-state index is 0.0866. The molecule has 1 aliphatic heterocycles. The number of rotatable bonds is 4. The van der Waals surface area contributed by atoms with Crippen LogP contribution < -0.4 is 10.1 Å². The van der Waals surface area contributed by atoms with Crippen LogP contribution in [0, 0.1) is 6.92 Å². The zero-order valence-electron chi connectivity index (χ0n) is 9.60. The summed E-state index contributed by atoms with van der Waals surface area (Å²) in [6, 6.07) is 7.29. The highest BCUT2D eigenvalue weighted by molar-refractivity contribution is 6.01. The average molecular weight is 234 g/mol. The number of nitrogens with one attached hydrogen (secondary N) is 1. The van der Waals surface area contributed by atoms with E-state index in [1.165, 1.54) is 0 Å². The molecule has 1 fully saturated rings. The fourth-order valence-electron chi connectivity index (χ4n) is 1.64. The Labute approximate surface area is 99.4 Å². The van der Waals surface area contributed by atoms with E-state index in [-0.39, 0.29) is 25.0 Å². The van der Waals surface area contributed by atoms with E-state index in [9.17, 15) is 9.59 Å². The normalized spacial score (nSPS) is 15.0. The smallest absolute Gasteiger partial charge is 0.324 e. The van der Waals surface area contributed by atoms with Crippen molar-refractivity contribution in [1.29, 1.82) is 0 Å². The molecule has 1 aromatic carbocycles. The lowest BCUT2D eigenvalue weighted by Gasteiger charge is -2.13. The van der Waals surface area contributed by atoms with E-state index in [1.807, 2.05) is 31.2 Å². The number of amides is 3. The Morgan fingerprint density at radius 3 is 2.88 bits per heavy atom. The largest absolute Gasteiger partial charge is 0.492 e. The van der Waals surface area contributed by atoms with E-state index in [4.69, 9.17) is 4.74 Å². The molecule has 1 N–H and O–H groups in total. The van der Waals surface area contributed by atoms with E-state index in [1.54, 1.807) is 0 Å². The van der Waals surface area contributed by atoms with Crippen LogP contribution in [0.25, 0.3) is 0 Å². The summed E-state index contributed by atoms with van der Waals surface area (Å²) >= 11 is 0. The van der Waals surface area contributed by atoms with Gasteiger partial charge in [-0.1, -0.05) is 12.1 Å². The highest BCUT2D eigenvalue weighted by Gasteiger charge is 2.27. The SMILES string of the molecule is Cc1cccc(OCCN2C(=O)CNC2=O)c1. The number of hydrogen-bond donors (Lipinski definition) is 1. The van der Waals surface area contributed by atoms with Gasteiger partial charge in [-0.25, -0.2) is 4.79 Å². The Hall–Kier alpha value is -2.04. The number of nitrogens with zero attached hydrogens (tertiary/aromatic N) is 1. The van der Waals surface area contributed by atoms with Gasteiger partial charge in [-0.2, -0.15) is 0 Å². The average Bonchev–Trinajstić information content (AvgIpc) is 2.61. The van der Waals surface area contributed by atoms with Crippen molar-refractivity contribution in [3.63, 3.8) is 0 Å². The Kier molecular flexibility index (Phi) is 3.27. The number of carbonyl (C=O) groups excluding carboxylic acids is 2. The number of benzene rings is 1. The molecule has 0 aliphatic carbocycles. The highest BCUT2D eigenvalue weighted by atomic mass is 16.5. The molecule has 0 unspecified atom stereocenters. The molecule has 5 nitrogen and oxygen atoms in total. The molecule has 0 bridgehead atoms. The molecule has 1 saturated heterocycles. The number of ether oxygens (including phenoxy) is 1. The van der Waals surface area contributed by atoms with Gasteiger partial charge in [0.05, 0.1) is 13.1 Å². The van der Waals surface area contributed by atoms with Gasteiger partial charge in [0.25, 0.3) is 0 Å². The highest BCUT2D eigenvalue weighted by Crippen LogP contribution is 2.12. The first-order chi connectivity index (χ1) is 8.16. The minimum atomic E-state index is -0.345. The summed E-state index contributed by atoms with van der Waals surface area (Å²) < 4.78 is 5.47. The van der Waals surface area contributed by atoms with Crippen molar-refractivity contribution in [2.75, 3.05) is 19.7 Å². The fourth-order valence-corrected chi connectivity index (χ4v) is 1.64. The quantitative estimate of drug-likeness (QED) is 0.788. The molecule has 1 aliphatic rings. The molecule has 0 spiro atoms. The third kappa shape index (κ3) is 2.75. The molecular formula is C12H14N2O3. The number of aryl methyl sites for hydroxylation is 1. The summed E-state index contributed by atoms with van der Waals surface area (Å²) in [5.41, 5.74) is 1.11. The standard InChI is InChI=1S/C12H14N2O3/c1-9-3-2-4-10(7-9)17-6-5-14-11(15)8-13-12(14)16/h2-4,7H,5-6,8H2,1H3,(H,13,16). The summed E-state index contributed by atoms with van der Waals surface area (Å²) in [6.45, 7) is 2.65. The molecule has 1 heterocycles. The van der Waals surface area contributed by atoms with E-state index >= 15 is 0 Å². The van der Waals surface area contributed by atoms with Crippen molar-refractivity contribution in [2.45, 2.75) is 6.92 Å². The zero-order chi connectivity index (χ0) is 12.3. The summed E-state index contributed by atoms with van der Waals surface area (Å²) in [6.07, 6.45) is 0. The van der Waals surface area contributed by atoms with Crippen LogP contribution in [0.2, 0.25) is 0 Å². The van der Waals surface area contributed by atoms with Crippen LogP contribution in [-0.2, 0) is 4.79 Å². The third-order valence-corrected chi connectivity index (χ3v) is 2.51. The molecule has 0 aromatic heterocycles. The van der Waals surface area contributed by atoms with Gasteiger partial charge in [0, 0.05) is 0 Å². The Bertz CT molecular complexity index is 429. The summed E-state index contributed by atoms with van der Waals surface area (Å²) in [4.78, 5) is 23.7. The maximum Gasteiger partial charge on any atom is 0.324 e. The molecule has 0 radical (unpaired) electrons. The van der Waals surface area contributed by atoms with Crippen LogP contribution in [0.15, 0.2) is 24.3 Å². The van der Waals surface area contributed by atoms with Crippen molar-refractivity contribution < 1.29 is 14.3 Å². The zero-order valence-corrected chi connectivity index (χ0v) is 9.60. The van der Waals surface area contributed by atoms with E-state index in [0.29, 0.717) is 6.61 Å². The van der Waals surface area contributed by atoms with Crippen LogP contribution in [0.4, 0.5) is 4.79 Å². The minimum Gasteiger partial charge on any atom is -0.492 e. The van der Waals surface area contributed by atoms with Crippen molar-refractivity contribution in [1.82, 2.24) is 10.2 Å². The van der Waals surface area contributed by atoms with E-state index in [0.717, 1.165) is 16.2 Å². The lowest BCUT2D eigenvalue weighted by molar-refractivity contribution is -0.125. The lowest BCUT2D eigenvalue weighted by atomic mass is 10.2. The summed E-state index contributed by atoms with van der Waals surface area (Å²) in [7, 11) is 0. The topological polar surface area (TPSA) is 58.6 Å². The van der Waals surface area contributed by atoms with Crippen molar-refractivity contribution in [3.8, 4) is 5.75 Å². The number of urea groups is 1. The molecule has 3 amide bonds. The Morgan fingerprint density at radius 2 is 2.24 bits per heavy atom. The number of hydrogen-bond acceptors (Lipinski definition) is 3. The Morgan fingerprint density at radius 1 is 1.41 bits per heavy atom. The van der Waals surface area contributed by atoms with Gasteiger partial charge in [0.2, 0.25) is 5.91 Å². The molecule has 2 rings (SSSR count). The van der Waals surface area contributed by atoms with Crippen LogP contribution in [0.5, 0.6) is 5.75 Å². The molecule has 0 atom stereocenters. The van der Waals surface area contributed by atoms with Crippen LogP contribution in [0.1, 0.15) is 5.56 Å². The maximum atomic E-state index is 11.3. The molecule has 0 saturated carbocycles. The maximum absolute atomic E-state index is 11.3. The van der Waals surface area contributed by atoms with Gasteiger partial charge >= 0.3 is 6.03 Å². The van der Waals surface area contributed by atoms with E-state index in [2.05, 4.69) is 5.32 Å². The summed E-state index contributed by atoms with van der Waals surface area (Å²) in [5.74, 6) is 0.542. The van der Waals surface area contributed by atoms with Crippen molar-refractivity contribution >= 4 is 11.9 Å². The first-order valence-corrected chi connectivity index (χ1v) is 5.44. The molecule has 90 valence electrons.